The van der Waals surface area contributed by atoms with E-state index in [0.29, 0.717) is 19.6 Å². The van der Waals surface area contributed by atoms with Crippen LogP contribution in [0.1, 0.15) is 19.3 Å². The number of aliphatic hydroxyl groups is 1. The number of ether oxygens (including phenoxy) is 2. The topological polar surface area (TPSA) is 74.3 Å². The Balaban J connectivity index is 2.33. The summed E-state index contributed by atoms with van der Waals surface area (Å²) in [5.74, 6) is -0.250. The molecular weight excluding hydrogens is 298 g/mol. The van der Waals surface area contributed by atoms with Crippen molar-refractivity contribution in [2.75, 3.05) is 61.0 Å². The third-order valence-corrected chi connectivity index (χ3v) is 4.10. The molecule has 1 aliphatic rings. The van der Waals surface area contributed by atoms with E-state index in [1.165, 1.54) is 0 Å². The van der Waals surface area contributed by atoms with E-state index in [-0.39, 0.29) is 12.0 Å². The molecule has 3 atom stereocenters. The average molecular weight is 331 g/mol. The Bertz CT molecular complexity index is 341. The molecule has 136 valence electrons. The smallest absolute Gasteiger partial charge is 0.251 e. The minimum atomic E-state index is -0.766. The standard InChI is InChI=1S/C16H33N3O4/c1-18(2)10-11-19(3)9-7-13-5-6-14(20)15(23-13)16(21)17-8-12-22-4/h13-15,20H,5-12H2,1-4H3,(H,17,21)/t13-,14-,15-/m0/s1. The van der Waals surface area contributed by atoms with E-state index in [1.807, 2.05) is 0 Å². The van der Waals surface area contributed by atoms with Crippen LogP contribution in [0.3, 0.4) is 0 Å². The van der Waals surface area contributed by atoms with E-state index in [4.69, 9.17) is 9.47 Å². The van der Waals surface area contributed by atoms with E-state index < -0.39 is 12.2 Å². The molecule has 1 heterocycles. The predicted molar refractivity (Wildman–Crippen MR) is 89.5 cm³/mol. The summed E-state index contributed by atoms with van der Waals surface area (Å²) in [6.07, 6.45) is 0.814. The second-order valence-corrected chi connectivity index (χ2v) is 6.50. The second kappa shape index (κ2) is 10.9. The van der Waals surface area contributed by atoms with Crippen LogP contribution in [0.4, 0.5) is 0 Å². The van der Waals surface area contributed by atoms with Gasteiger partial charge >= 0.3 is 0 Å². The molecule has 7 nitrogen and oxygen atoms in total. The Morgan fingerprint density at radius 3 is 2.65 bits per heavy atom. The van der Waals surface area contributed by atoms with Crippen molar-refractivity contribution >= 4 is 5.91 Å². The van der Waals surface area contributed by atoms with Crippen LogP contribution in [0.25, 0.3) is 0 Å². The van der Waals surface area contributed by atoms with Gasteiger partial charge in [-0.1, -0.05) is 0 Å². The molecule has 0 spiro atoms. The highest BCUT2D eigenvalue weighted by Crippen LogP contribution is 2.22. The number of nitrogens with one attached hydrogen (secondary N) is 1. The van der Waals surface area contributed by atoms with E-state index in [1.54, 1.807) is 7.11 Å². The summed E-state index contributed by atoms with van der Waals surface area (Å²) in [5, 5.41) is 12.7. The number of rotatable bonds is 10. The van der Waals surface area contributed by atoms with Crippen LogP contribution >= 0.6 is 0 Å². The molecule has 7 heteroatoms. The molecule has 23 heavy (non-hydrogen) atoms. The van der Waals surface area contributed by atoms with Crippen molar-refractivity contribution in [3.05, 3.63) is 0 Å². The number of likely N-dealkylation sites (N-methyl/N-ethyl adjacent to an activating group) is 2. The van der Waals surface area contributed by atoms with Crippen molar-refractivity contribution < 1.29 is 19.4 Å². The summed E-state index contributed by atoms with van der Waals surface area (Å²) < 4.78 is 10.7. The molecule has 0 aromatic carbocycles. The summed E-state index contributed by atoms with van der Waals surface area (Å²) in [4.78, 5) is 16.5. The van der Waals surface area contributed by atoms with Gasteiger partial charge in [0.25, 0.3) is 5.91 Å². The minimum Gasteiger partial charge on any atom is -0.390 e. The summed E-state index contributed by atoms with van der Waals surface area (Å²) in [7, 11) is 7.80. The minimum absolute atomic E-state index is 0.0263. The SMILES string of the molecule is COCCNC(=O)[C@H]1O[C@H](CCN(C)CCN(C)C)CC[C@@H]1O. The highest BCUT2D eigenvalue weighted by atomic mass is 16.5. The number of carbonyl (C=O) groups excluding carboxylic acids is 1. The van der Waals surface area contributed by atoms with Gasteiger partial charge in [0, 0.05) is 33.3 Å². The highest BCUT2D eigenvalue weighted by molar-refractivity contribution is 5.81. The highest BCUT2D eigenvalue weighted by Gasteiger charge is 2.34. The van der Waals surface area contributed by atoms with E-state index in [9.17, 15) is 9.90 Å². The second-order valence-electron chi connectivity index (χ2n) is 6.50. The first-order valence-electron chi connectivity index (χ1n) is 8.37. The Kier molecular flexibility index (Phi) is 9.66. The zero-order chi connectivity index (χ0) is 17.2. The van der Waals surface area contributed by atoms with Gasteiger partial charge in [-0.3, -0.25) is 4.79 Å². The molecule has 0 saturated carbocycles. The normalized spacial score (nSPS) is 25.1. The first-order chi connectivity index (χ1) is 10.9. The molecule has 0 unspecified atom stereocenters. The lowest BCUT2D eigenvalue weighted by Gasteiger charge is -2.34. The first kappa shape index (κ1) is 20.3. The van der Waals surface area contributed by atoms with Gasteiger partial charge in [0.1, 0.15) is 0 Å². The molecular formula is C16H33N3O4. The van der Waals surface area contributed by atoms with Gasteiger partial charge in [-0.05, 0) is 40.4 Å². The van der Waals surface area contributed by atoms with Crippen LogP contribution in [0.2, 0.25) is 0 Å². The van der Waals surface area contributed by atoms with E-state index in [2.05, 4.69) is 36.3 Å². The van der Waals surface area contributed by atoms with Crippen molar-refractivity contribution in [3.8, 4) is 0 Å². The molecule has 0 bridgehead atoms. The fourth-order valence-electron chi connectivity index (χ4n) is 2.55. The number of aliphatic hydroxyl groups excluding tert-OH is 1. The third kappa shape index (κ3) is 8.08. The maximum absolute atomic E-state index is 12.1. The molecule has 1 amide bonds. The van der Waals surface area contributed by atoms with Crippen molar-refractivity contribution in [3.63, 3.8) is 0 Å². The summed E-state index contributed by atoms with van der Waals surface area (Å²) in [6.45, 7) is 3.83. The number of carbonyl (C=O) groups is 1. The lowest BCUT2D eigenvalue weighted by Crippen LogP contribution is -2.50. The van der Waals surface area contributed by atoms with Crippen molar-refractivity contribution in [2.24, 2.45) is 0 Å². The average Bonchev–Trinajstić information content (AvgIpc) is 2.52. The molecule has 0 radical (unpaired) electrons. The number of methoxy groups -OCH3 is 1. The third-order valence-electron chi connectivity index (χ3n) is 4.10. The van der Waals surface area contributed by atoms with Crippen LogP contribution in [-0.2, 0) is 14.3 Å². The van der Waals surface area contributed by atoms with E-state index >= 15 is 0 Å². The zero-order valence-electron chi connectivity index (χ0n) is 15.0. The Morgan fingerprint density at radius 1 is 1.26 bits per heavy atom. The summed E-state index contributed by atoms with van der Waals surface area (Å²) >= 11 is 0. The van der Waals surface area contributed by atoms with Crippen molar-refractivity contribution in [1.29, 1.82) is 0 Å². The molecule has 0 aromatic rings. The lowest BCUT2D eigenvalue weighted by atomic mass is 9.98. The summed E-state index contributed by atoms with van der Waals surface area (Å²) in [5.41, 5.74) is 0. The van der Waals surface area contributed by atoms with Crippen molar-refractivity contribution in [1.82, 2.24) is 15.1 Å². The number of hydrogen-bond acceptors (Lipinski definition) is 6. The van der Waals surface area contributed by atoms with Crippen molar-refractivity contribution in [2.45, 2.75) is 37.6 Å². The number of amides is 1. The first-order valence-corrected chi connectivity index (χ1v) is 8.37. The molecule has 0 aliphatic carbocycles. The van der Waals surface area contributed by atoms with Gasteiger partial charge in [-0.15, -0.1) is 0 Å². The zero-order valence-corrected chi connectivity index (χ0v) is 15.0. The monoisotopic (exact) mass is 331 g/mol. The fraction of sp³-hybridized carbons (Fsp3) is 0.938. The van der Waals surface area contributed by atoms with Crippen LogP contribution in [0.15, 0.2) is 0 Å². The lowest BCUT2D eigenvalue weighted by molar-refractivity contribution is -0.158. The Hall–Kier alpha value is -0.730. The maximum atomic E-state index is 12.1. The Morgan fingerprint density at radius 2 is 2.00 bits per heavy atom. The largest absolute Gasteiger partial charge is 0.390 e. The Labute approximate surface area is 139 Å². The van der Waals surface area contributed by atoms with Crippen LogP contribution < -0.4 is 5.32 Å². The van der Waals surface area contributed by atoms with Gasteiger partial charge < -0.3 is 29.7 Å². The maximum Gasteiger partial charge on any atom is 0.251 e. The molecule has 2 N–H and O–H groups in total. The van der Waals surface area contributed by atoms with Gasteiger partial charge in [-0.2, -0.15) is 0 Å². The van der Waals surface area contributed by atoms with Crippen LogP contribution in [0.5, 0.6) is 0 Å². The van der Waals surface area contributed by atoms with Gasteiger partial charge in [0.15, 0.2) is 6.10 Å². The predicted octanol–water partition coefficient (Wildman–Crippen LogP) is -0.459. The number of nitrogens with zero attached hydrogens (tertiary/aromatic N) is 2. The fourth-order valence-corrected chi connectivity index (χ4v) is 2.55. The van der Waals surface area contributed by atoms with E-state index in [0.717, 1.165) is 32.5 Å². The molecule has 1 aliphatic heterocycles. The number of hydrogen-bond donors (Lipinski definition) is 2. The molecule has 0 aromatic heterocycles. The quantitative estimate of drug-likeness (QED) is 0.528. The molecule has 1 fully saturated rings. The van der Waals surface area contributed by atoms with Gasteiger partial charge in [-0.25, -0.2) is 0 Å². The van der Waals surface area contributed by atoms with Gasteiger partial charge in [0.05, 0.1) is 18.8 Å². The van der Waals surface area contributed by atoms with Crippen LogP contribution in [0, 0.1) is 0 Å². The molecule has 1 rings (SSSR count). The van der Waals surface area contributed by atoms with Gasteiger partial charge in [0.2, 0.25) is 0 Å². The summed E-state index contributed by atoms with van der Waals surface area (Å²) in [6, 6.07) is 0. The molecule has 1 saturated heterocycles. The van der Waals surface area contributed by atoms with Crippen LogP contribution in [-0.4, -0.2) is 100 Å².